The summed E-state index contributed by atoms with van der Waals surface area (Å²) in [5, 5.41) is 17.9. The highest BCUT2D eigenvalue weighted by atomic mass is 16.5. The van der Waals surface area contributed by atoms with Crippen molar-refractivity contribution < 1.29 is 24.5 Å². The maximum atomic E-state index is 11.0. The van der Waals surface area contributed by atoms with Crippen LogP contribution in [0.1, 0.15) is 0 Å². The number of carbonyl (C=O) groups is 2. The Kier molecular flexibility index (Phi) is 4.98. The summed E-state index contributed by atoms with van der Waals surface area (Å²) in [6.45, 7) is -0.858. The lowest BCUT2D eigenvalue weighted by Crippen LogP contribution is -2.34. The van der Waals surface area contributed by atoms with Crippen LogP contribution >= 0.6 is 0 Å². The molecular formula is C16H15NO5. The molecular weight excluding hydrogens is 286 g/mol. The zero-order chi connectivity index (χ0) is 15.9. The second-order valence-corrected chi connectivity index (χ2v) is 4.53. The maximum absolute atomic E-state index is 11.0. The van der Waals surface area contributed by atoms with E-state index in [0.717, 1.165) is 0 Å². The molecule has 0 amide bonds. The highest BCUT2D eigenvalue weighted by Crippen LogP contribution is 2.31. The van der Waals surface area contributed by atoms with Crippen molar-refractivity contribution in [3.63, 3.8) is 0 Å². The van der Waals surface area contributed by atoms with Gasteiger partial charge < -0.3 is 19.8 Å². The second-order valence-electron chi connectivity index (χ2n) is 4.53. The van der Waals surface area contributed by atoms with Gasteiger partial charge in [-0.15, -0.1) is 0 Å². The molecule has 0 aromatic heterocycles. The maximum Gasteiger partial charge on any atom is 0.323 e. The van der Waals surface area contributed by atoms with Crippen molar-refractivity contribution in [1.82, 2.24) is 0 Å². The fourth-order valence-electron chi connectivity index (χ4n) is 1.97. The van der Waals surface area contributed by atoms with Crippen molar-refractivity contribution in [3.8, 4) is 11.5 Å². The van der Waals surface area contributed by atoms with E-state index in [2.05, 4.69) is 0 Å². The fourth-order valence-corrected chi connectivity index (χ4v) is 1.97. The van der Waals surface area contributed by atoms with E-state index in [-0.39, 0.29) is 0 Å². The summed E-state index contributed by atoms with van der Waals surface area (Å²) in [6.07, 6.45) is 0. The monoisotopic (exact) mass is 301 g/mol. The Balaban J connectivity index is 2.31. The third kappa shape index (κ3) is 4.24. The molecule has 2 aromatic rings. The minimum Gasteiger partial charge on any atom is -0.480 e. The van der Waals surface area contributed by atoms with Gasteiger partial charge in [0.1, 0.15) is 18.8 Å². The molecule has 2 aromatic carbocycles. The molecule has 6 heteroatoms. The minimum absolute atomic E-state index is 0.399. The smallest absolute Gasteiger partial charge is 0.323 e. The molecule has 0 saturated carbocycles. The summed E-state index contributed by atoms with van der Waals surface area (Å²) in [5.41, 5.74) is 0.413. The number of para-hydroxylation sites is 3. The van der Waals surface area contributed by atoms with E-state index in [9.17, 15) is 9.59 Å². The standard InChI is InChI=1S/C16H15NO5/c18-15(19)10-17(11-16(20)21)13-8-4-5-9-14(13)22-12-6-2-1-3-7-12/h1-9H,10-11H2,(H,18,19)(H,20,21). The number of benzene rings is 2. The average Bonchev–Trinajstić information content (AvgIpc) is 2.47. The first-order valence-corrected chi connectivity index (χ1v) is 6.56. The van der Waals surface area contributed by atoms with E-state index in [1.54, 1.807) is 36.4 Å². The van der Waals surface area contributed by atoms with Crippen LogP contribution in [0.3, 0.4) is 0 Å². The molecule has 0 heterocycles. The van der Waals surface area contributed by atoms with Crippen LogP contribution in [0.5, 0.6) is 11.5 Å². The number of hydrogen-bond donors (Lipinski definition) is 2. The van der Waals surface area contributed by atoms with Crippen LogP contribution in [0.15, 0.2) is 54.6 Å². The number of nitrogens with zero attached hydrogens (tertiary/aromatic N) is 1. The predicted octanol–water partition coefficient (Wildman–Crippen LogP) is 2.45. The van der Waals surface area contributed by atoms with Gasteiger partial charge in [0.05, 0.1) is 5.69 Å². The molecule has 0 aliphatic heterocycles. The van der Waals surface area contributed by atoms with Crippen LogP contribution < -0.4 is 9.64 Å². The summed E-state index contributed by atoms with van der Waals surface area (Å²) in [7, 11) is 0. The van der Waals surface area contributed by atoms with E-state index >= 15 is 0 Å². The third-order valence-corrected chi connectivity index (χ3v) is 2.83. The quantitative estimate of drug-likeness (QED) is 0.817. The molecule has 0 aliphatic carbocycles. The Labute approximate surface area is 127 Å². The molecule has 0 aliphatic rings. The molecule has 22 heavy (non-hydrogen) atoms. The molecule has 114 valence electrons. The van der Waals surface area contributed by atoms with Crippen LogP contribution in [-0.4, -0.2) is 35.2 Å². The van der Waals surface area contributed by atoms with Crippen LogP contribution in [0.25, 0.3) is 0 Å². The lowest BCUT2D eigenvalue weighted by molar-refractivity contribution is -0.136. The van der Waals surface area contributed by atoms with E-state index in [0.29, 0.717) is 17.2 Å². The Morgan fingerprint density at radius 1 is 0.864 bits per heavy atom. The van der Waals surface area contributed by atoms with Gasteiger partial charge in [-0.1, -0.05) is 30.3 Å². The fraction of sp³-hybridized carbons (Fsp3) is 0.125. The van der Waals surface area contributed by atoms with E-state index in [4.69, 9.17) is 14.9 Å². The summed E-state index contributed by atoms with van der Waals surface area (Å²) in [4.78, 5) is 23.2. The second kappa shape index (κ2) is 7.12. The summed E-state index contributed by atoms with van der Waals surface area (Å²) < 4.78 is 5.73. The normalized spacial score (nSPS) is 10.0. The lowest BCUT2D eigenvalue weighted by Gasteiger charge is -2.23. The van der Waals surface area contributed by atoms with Crippen LogP contribution in [0, 0.1) is 0 Å². The molecule has 0 saturated heterocycles. The molecule has 0 fully saturated rings. The average molecular weight is 301 g/mol. The molecule has 0 spiro atoms. The molecule has 6 nitrogen and oxygen atoms in total. The van der Waals surface area contributed by atoms with Crippen molar-refractivity contribution in [2.75, 3.05) is 18.0 Å². The predicted molar refractivity (Wildman–Crippen MR) is 80.4 cm³/mol. The van der Waals surface area contributed by atoms with E-state index in [1.807, 2.05) is 18.2 Å². The first-order valence-electron chi connectivity index (χ1n) is 6.56. The molecule has 0 bridgehead atoms. The van der Waals surface area contributed by atoms with Crippen molar-refractivity contribution in [3.05, 3.63) is 54.6 Å². The number of hydrogen-bond acceptors (Lipinski definition) is 4. The number of aliphatic carboxylic acids is 2. The number of rotatable bonds is 7. The third-order valence-electron chi connectivity index (χ3n) is 2.83. The highest BCUT2D eigenvalue weighted by Gasteiger charge is 2.18. The van der Waals surface area contributed by atoms with Crippen LogP contribution in [-0.2, 0) is 9.59 Å². The van der Waals surface area contributed by atoms with Gasteiger partial charge in [-0.25, -0.2) is 0 Å². The zero-order valence-corrected chi connectivity index (χ0v) is 11.7. The molecule has 0 atom stereocenters. The van der Waals surface area contributed by atoms with Gasteiger partial charge in [0.15, 0.2) is 5.75 Å². The van der Waals surface area contributed by atoms with Gasteiger partial charge in [-0.05, 0) is 24.3 Å². The minimum atomic E-state index is -1.12. The summed E-state index contributed by atoms with van der Waals surface area (Å²) in [5.74, 6) is -1.25. The molecule has 2 rings (SSSR count). The van der Waals surface area contributed by atoms with Crippen molar-refractivity contribution >= 4 is 17.6 Å². The number of anilines is 1. The Morgan fingerprint density at radius 3 is 2.00 bits per heavy atom. The number of ether oxygens (including phenoxy) is 1. The zero-order valence-electron chi connectivity index (χ0n) is 11.7. The SMILES string of the molecule is O=C(O)CN(CC(=O)O)c1ccccc1Oc1ccccc1. The van der Waals surface area contributed by atoms with E-state index in [1.165, 1.54) is 4.90 Å². The van der Waals surface area contributed by atoms with Crippen LogP contribution in [0.2, 0.25) is 0 Å². The van der Waals surface area contributed by atoms with Gasteiger partial charge >= 0.3 is 11.9 Å². The van der Waals surface area contributed by atoms with Crippen LogP contribution in [0.4, 0.5) is 5.69 Å². The van der Waals surface area contributed by atoms with E-state index < -0.39 is 25.0 Å². The summed E-state index contributed by atoms with van der Waals surface area (Å²) in [6, 6.07) is 15.7. The molecule has 0 radical (unpaired) electrons. The number of carboxylic acids is 2. The lowest BCUT2D eigenvalue weighted by atomic mass is 10.2. The molecule has 2 N–H and O–H groups in total. The Hall–Kier alpha value is -3.02. The van der Waals surface area contributed by atoms with Gasteiger partial charge in [-0.2, -0.15) is 0 Å². The first kappa shape index (κ1) is 15.4. The molecule has 0 unspecified atom stereocenters. The van der Waals surface area contributed by atoms with Gasteiger partial charge in [0.2, 0.25) is 0 Å². The topological polar surface area (TPSA) is 87.1 Å². The van der Waals surface area contributed by atoms with Gasteiger partial charge in [-0.3, -0.25) is 9.59 Å². The first-order chi connectivity index (χ1) is 10.6. The van der Waals surface area contributed by atoms with Crippen molar-refractivity contribution in [1.29, 1.82) is 0 Å². The largest absolute Gasteiger partial charge is 0.480 e. The Morgan fingerprint density at radius 2 is 1.41 bits per heavy atom. The van der Waals surface area contributed by atoms with Crippen molar-refractivity contribution in [2.24, 2.45) is 0 Å². The highest BCUT2D eigenvalue weighted by molar-refractivity contribution is 5.81. The van der Waals surface area contributed by atoms with Gasteiger partial charge in [0.25, 0.3) is 0 Å². The Bertz CT molecular complexity index is 641. The van der Waals surface area contributed by atoms with Crippen molar-refractivity contribution in [2.45, 2.75) is 0 Å². The van der Waals surface area contributed by atoms with Gasteiger partial charge in [0, 0.05) is 0 Å². The number of carboxylic acid groups (broad SMARTS) is 2. The summed E-state index contributed by atoms with van der Waals surface area (Å²) >= 11 is 0.